The molecule has 0 aromatic heterocycles. The molecule has 2 nitrogen and oxygen atoms in total. The molecule has 0 N–H and O–H groups in total. The van der Waals surface area contributed by atoms with Crippen molar-refractivity contribution in [1.82, 2.24) is 0 Å². The van der Waals surface area contributed by atoms with Gasteiger partial charge in [-0.3, -0.25) is 0 Å². The number of ether oxygens (including phenoxy) is 2. The summed E-state index contributed by atoms with van der Waals surface area (Å²) in [6.07, 6.45) is 4.74. The Kier molecular flexibility index (Phi) is 5.57. The van der Waals surface area contributed by atoms with E-state index < -0.39 is 0 Å². The van der Waals surface area contributed by atoms with E-state index in [0.29, 0.717) is 0 Å². The van der Waals surface area contributed by atoms with Crippen molar-refractivity contribution < 1.29 is 9.47 Å². The largest absolute Gasteiger partial charge is 0.352 e. The summed E-state index contributed by atoms with van der Waals surface area (Å²) in [6.45, 7) is 2.07. The highest BCUT2D eigenvalue weighted by Gasteiger charge is 1.94. The van der Waals surface area contributed by atoms with Gasteiger partial charge in [0.1, 0.15) is 0 Å². The van der Waals surface area contributed by atoms with Crippen molar-refractivity contribution in [2.24, 2.45) is 0 Å². The molecule has 9 heavy (non-hydrogen) atoms. The predicted molar refractivity (Wildman–Crippen MR) is 37.2 cm³/mol. The molecule has 0 aliphatic carbocycles. The van der Waals surface area contributed by atoms with E-state index in [0.717, 1.165) is 6.42 Å². The Labute approximate surface area is 56.5 Å². The highest BCUT2D eigenvalue weighted by atomic mass is 16.7. The Hall–Kier alpha value is -0.340. The van der Waals surface area contributed by atoms with Gasteiger partial charge in [-0.15, -0.1) is 0 Å². The number of rotatable bonds is 4. The number of hydrogen-bond acceptors (Lipinski definition) is 2. The first-order chi connectivity index (χ1) is 4.35. The van der Waals surface area contributed by atoms with Gasteiger partial charge < -0.3 is 9.47 Å². The third kappa shape index (κ3) is 4.18. The molecule has 0 spiro atoms. The Morgan fingerprint density at radius 3 is 2.22 bits per heavy atom. The van der Waals surface area contributed by atoms with Gasteiger partial charge in [0.05, 0.1) is 0 Å². The van der Waals surface area contributed by atoms with Crippen molar-refractivity contribution >= 4 is 0 Å². The van der Waals surface area contributed by atoms with E-state index in [-0.39, 0.29) is 6.29 Å². The summed E-state index contributed by atoms with van der Waals surface area (Å²) in [6, 6.07) is 0. The van der Waals surface area contributed by atoms with Gasteiger partial charge in [0.2, 0.25) is 0 Å². The first-order valence-electron chi connectivity index (χ1n) is 3.07. The maximum absolute atomic E-state index is 4.89. The Morgan fingerprint density at radius 2 is 1.89 bits per heavy atom. The topological polar surface area (TPSA) is 18.5 Å². The molecule has 0 rings (SSSR count). The normalized spacial score (nSPS) is 11.6. The molecule has 0 aromatic rings. The summed E-state index contributed by atoms with van der Waals surface area (Å²) >= 11 is 0. The molecular weight excluding hydrogens is 116 g/mol. The van der Waals surface area contributed by atoms with Crippen molar-refractivity contribution in [3.05, 3.63) is 12.2 Å². The molecule has 0 amide bonds. The van der Waals surface area contributed by atoms with Crippen LogP contribution in [0.4, 0.5) is 0 Å². The number of hydrogen-bond donors (Lipinski definition) is 0. The molecule has 0 aromatic carbocycles. The minimum Gasteiger partial charge on any atom is -0.352 e. The Balaban J connectivity index is 3.41. The molecule has 0 radical (unpaired) electrons. The third-order valence-corrected chi connectivity index (χ3v) is 0.994. The van der Waals surface area contributed by atoms with Gasteiger partial charge in [-0.2, -0.15) is 0 Å². The van der Waals surface area contributed by atoms with E-state index in [1.54, 1.807) is 14.2 Å². The molecule has 0 heterocycles. The molecular formula is C7H14O2. The number of allylic oxidation sites excluding steroid dienone is 1. The summed E-state index contributed by atoms with van der Waals surface area (Å²) in [5.41, 5.74) is 0. The van der Waals surface area contributed by atoms with Crippen LogP contribution in [-0.4, -0.2) is 20.5 Å². The van der Waals surface area contributed by atoms with Crippen LogP contribution in [-0.2, 0) is 9.47 Å². The van der Waals surface area contributed by atoms with Crippen molar-refractivity contribution in [2.75, 3.05) is 14.2 Å². The first-order valence-corrected chi connectivity index (χ1v) is 3.07. The first kappa shape index (κ1) is 8.66. The van der Waals surface area contributed by atoms with Crippen molar-refractivity contribution in [3.63, 3.8) is 0 Å². The quantitative estimate of drug-likeness (QED) is 0.425. The lowest BCUT2D eigenvalue weighted by Gasteiger charge is -2.06. The van der Waals surface area contributed by atoms with Gasteiger partial charge in [-0.25, -0.2) is 0 Å². The van der Waals surface area contributed by atoms with Crippen LogP contribution in [0.2, 0.25) is 0 Å². The predicted octanol–water partition coefficient (Wildman–Crippen LogP) is 1.57. The van der Waals surface area contributed by atoms with E-state index in [9.17, 15) is 0 Å². The van der Waals surface area contributed by atoms with Crippen LogP contribution >= 0.6 is 0 Å². The molecule has 0 aliphatic rings. The Morgan fingerprint density at radius 1 is 1.33 bits per heavy atom. The van der Waals surface area contributed by atoms with E-state index in [4.69, 9.17) is 9.47 Å². The van der Waals surface area contributed by atoms with Gasteiger partial charge in [-0.1, -0.05) is 13.0 Å². The van der Waals surface area contributed by atoms with Gasteiger partial charge in [0.25, 0.3) is 0 Å². The third-order valence-electron chi connectivity index (χ3n) is 0.994. The van der Waals surface area contributed by atoms with Gasteiger partial charge in [-0.05, 0) is 12.5 Å². The van der Waals surface area contributed by atoms with Crippen LogP contribution in [0, 0.1) is 0 Å². The zero-order valence-corrected chi connectivity index (χ0v) is 6.26. The van der Waals surface area contributed by atoms with Crippen LogP contribution in [0.3, 0.4) is 0 Å². The molecule has 0 fully saturated rings. The molecule has 0 saturated heterocycles. The monoisotopic (exact) mass is 130 g/mol. The van der Waals surface area contributed by atoms with Crippen molar-refractivity contribution in [3.8, 4) is 0 Å². The summed E-state index contributed by atoms with van der Waals surface area (Å²) < 4.78 is 9.78. The fraction of sp³-hybridized carbons (Fsp3) is 0.714. The smallest absolute Gasteiger partial charge is 0.176 e. The lowest BCUT2D eigenvalue weighted by atomic mass is 10.4. The van der Waals surface area contributed by atoms with Crippen LogP contribution in [0.15, 0.2) is 12.2 Å². The highest BCUT2D eigenvalue weighted by molar-refractivity contribution is 4.83. The molecule has 0 unspecified atom stereocenters. The number of methoxy groups -OCH3 is 2. The van der Waals surface area contributed by atoms with Crippen LogP contribution in [0.5, 0.6) is 0 Å². The SMILES string of the molecule is CC/C=C\C(OC)OC. The van der Waals surface area contributed by atoms with Crippen LogP contribution in [0.1, 0.15) is 13.3 Å². The minimum absolute atomic E-state index is 0.176. The standard InChI is InChI=1S/C7H14O2/c1-4-5-6-7(8-2)9-3/h5-7H,4H2,1-3H3/b6-5-. The fourth-order valence-corrected chi connectivity index (χ4v) is 0.501. The van der Waals surface area contributed by atoms with E-state index >= 15 is 0 Å². The fourth-order valence-electron chi connectivity index (χ4n) is 0.501. The minimum atomic E-state index is -0.176. The molecule has 0 saturated carbocycles. The summed E-state index contributed by atoms with van der Waals surface area (Å²) in [5.74, 6) is 0. The highest BCUT2D eigenvalue weighted by Crippen LogP contribution is 1.93. The molecule has 2 heteroatoms. The van der Waals surface area contributed by atoms with E-state index in [1.165, 1.54) is 0 Å². The maximum atomic E-state index is 4.89. The lowest BCUT2D eigenvalue weighted by Crippen LogP contribution is -2.08. The second-order valence-corrected chi connectivity index (χ2v) is 1.68. The Bertz CT molecular complexity index is 75.0. The maximum Gasteiger partial charge on any atom is 0.176 e. The molecule has 0 atom stereocenters. The summed E-state index contributed by atoms with van der Waals surface area (Å²) in [5, 5.41) is 0. The summed E-state index contributed by atoms with van der Waals surface area (Å²) in [4.78, 5) is 0. The summed E-state index contributed by atoms with van der Waals surface area (Å²) in [7, 11) is 3.24. The molecule has 0 bridgehead atoms. The van der Waals surface area contributed by atoms with E-state index in [1.807, 2.05) is 12.2 Å². The second kappa shape index (κ2) is 5.79. The molecule has 54 valence electrons. The second-order valence-electron chi connectivity index (χ2n) is 1.68. The average molecular weight is 130 g/mol. The van der Waals surface area contributed by atoms with Crippen LogP contribution in [0.25, 0.3) is 0 Å². The average Bonchev–Trinajstić information content (AvgIpc) is 1.91. The van der Waals surface area contributed by atoms with Gasteiger partial charge in [0, 0.05) is 14.2 Å². The van der Waals surface area contributed by atoms with Crippen molar-refractivity contribution in [2.45, 2.75) is 19.6 Å². The molecule has 0 aliphatic heterocycles. The van der Waals surface area contributed by atoms with Gasteiger partial charge >= 0.3 is 0 Å². The van der Waals surface area contributed by atoms with E-state index in [2.05, 4.69) is 6.92 Å². The zero-order chi connectivity index (χ0) is 7.11. The zero-order valence-electron chi connectivity index (χ0n) is 6.26. The lowest BCUT2D eigenvalue weighted by molar-refractivity contribution is -0.0667. The van der Waals surface area contributed by atoms with Crippen LogP contribution < -0.4 is 0 Å². The van der Waals surface area contributed by atoms with Gasteiger partial charge in [0.15, 0.2) is 6.29 Å². The van der Waals surface area contributed by atoms with Crippen molar-refractivity contribution in [1.29, 1.82) is 0 Å².